The highest BCUT2D eigenvalue weighted by molar-refractivity contribution is 5.85. The minimum absolute atomic E-state index is 0.0643. The van der Waals surface area contributed by atoms with Gasteiger partial charge < -0.3 is 19.2 Å². The summed E-state index contributed by atoms with van der Waals surface area (Å²) in [7, 11) is 0. The molecule has 164 valence electrons. The van der Waals surface area contributed by atoms with Crippen LogP contribution in [0.3, 0.4) is 0 Å². The average Bonchev–Trinajstić information content (AvgIpc) is 3.12. The number of piperidine rings is 1. The lowest BCUT2D eigenvalue weighted by Gasteiger charge is -2.38. The minimum atomic E-state index is -0.709. The van der Waals surface area contributed by atoms with Gasteiger partial charge >= 0.3 is 5.69 Å². The number of aliphatic hydroxyl groups is 1. The second kappa shape index (κ2) is 8.14. The van der Waals surface area contributed by atoms with E-state index in [1.807, 2.05) is 4.90 Å². The number of aromatic nitrogens is 1. The van der Waals surface area contributed by atoms with Crippen LogP contribution in [0.4, 0.5) is 16.1 Å². The maximum absolute atomic E-state index is 13.1. The van der Waals surface area contributed by atoms with Gasteiger partial charge in [-0.05, 0) is 49.4 Å². The normalized spacial score (nSPS) is 16.1. The molecule has 2 heterocycles. The molecule has 0 atom stereocenters. The number of hydrogen-bond donors (Lipinski definition) is 1. The number of hydrogen-bond acceptors (Lipinski definition) is 7. The van der Waals surface area contributed by atoms with Crippen LogP contribution in [0, 0.1) is 21.8 Å². The van der Waals surface area contributed by atoms with Crippen molar-refractivity contribution in [2.24, 2.45) is 5.92 Å². The molecule has 1 saturated heterocycles. The Labute approximate surface area is 178 Å². The Morgan fingerprint density at radius 3 is 2.55 bits per heavy atom. The fourth-order valence-corrected chi connectivity index (χ4v) is 4.03. The Hall–Kier alpha value is -3.20. The topological polar surface area (TPSA) is 102 Å². The van der Waals surface area contributed by atoms with Crippen molar-refractivity contribution in [1.82, 2.24) is 4.98 Å². The molecule has 1 aliphatic rings. The van der Waals surface area contributed by atoms with Crippen molar-refractivity contribution in [2.45, 2.75) is 38.7 Å². The zero-order valence-electron chi connectivity index (χ0n) is 17.4. The molecule has 0 unspecified atom stereocenters. The number of fused-ring (bicyclic) bond motifs is 1. The van der Waals surface area contributed by atoms with Crippen molar-refractivity contribution in [3.63, 3.8) is 0 Å². The third-order valence-electron chi connectivity index (χ3n) is 5.43. The number of ether oxygens (including phenoxy) is 1. The van der Waals surface area contributed by atoms with E-state index in [1.165, 1.54) is 30.3 Å². The Morgan fingerprint density at radius 1 is 1.26 bits per heavy atom. The first kappa shape index (κ1) is 21.0. The summed E-state index contributed by atoms with van der Waals surface area (Å²) in [6.45, 7) is 5.25. The number of nitro benzene ring substituents is 1. The van der Waals surface area contributed by atoms with Crippen molar-refractivity contribution < 1.29 is 23.6 Å². The number of anilines is 1. The second-order valence-electron chi connectivity index (χ2n) is 8.41. The molecule has 3 aromatic rings. The van der Waals surface area contributed by atoms with Gasteiger partial charge in [-0.2, -0.15) is 4.98 Å². The van der Waals surface area contributed by atoms with E-state index in [4.69, 9.17) is 9.15 Å². The van der Waals surface area contributed by atoms with Crippen molar-refractivity contribution in [1.29, 1.82) is 0 Å². The van der Waals surface area contributed by atoms with E-state index in [9.17, 15) is 19.6 Å². The zero-order valence-corrected chi connectivity index (χ0v) is 17.4. The summed E-state index contributed by atoms with van der Waals surface area (Å²) >= 11 is 0. The molecule has 2 aromatic carbocycles. The molecule has 4 rings (SSSR count). The van der Waals surface area contributed by atoms with Crippen LogP contribution in [-0.2, 0) is 0 Å². The number of nitro groups is 1. The van der Waals surface area contributed by atoms with E-state index in [2.05, 4.69) is 18.8 Å². The first-order valence-corrected chi connectivity index (χ1v) is 10.2. The van der Waals surface area contributed by atoms with Crippen molar-refractivity contribution in [3.05, 3.63) is 52.3 Å². The van der Waals surface area contributed by atoms with E-state index in [1.54, 1.807) is 6.07 Å². The lowest BCUT2D eigenvalue weighted by Crippen LogP contribution is -2.45. The van der Waals surface area contributed by atoms with E-state index in [0.717, 1.165) is 6.42 Å². The smallest absolute Gasteiger partial charge is 0.317 e. The molecule has 31 heavy (non-hydrogen) atoms. The highest BCUT2D eigenvalue weighted by Gasteiger charge is 2.34. The van der Waals surface area contributed by atoms with Gasteiger partial charge in [0.05, 0.1) is 16.6 Å². The van der Waals surface area contributed by atoms with Crippen LogP contribution < -0.4 is 9.64 Å². The van der Waals surface area contributed by atoms with Gasteiger partial charge in [-0.1, -0.05) is 13.8 Å². The molecule has 1 aromatic heterocycles. The zero-order chi connectivity index (χ0) is 22.2. The first-order chi connectivity index (χ1) is 14.7. The third-order valence-corrected chi connectivity index (χ3v) is 5.43. The largest absolute Gasteiger partial charge is 0.457 e. The fraction of sp³-hybridized carbons (Fsp3) is 0.409. The van der Waals surface area contributed by atoms with Gasteiger partial charge in [0.1, 0.15) is 22.8 Å². The summed E-state index contributed by atoms with van der Waals surface area (Å²) < 4.78 is 24.5. The average molecular weight is 429 g/mol. The van der Waals surface area contributed by atoms with Gasteiger partial charge in [0.15, 0.2) is 0 Å². The summed E-state index contributed by atoms with van der Waals surface area (Å²) in [4.78, 5) is 17.4. The van der Waals surface area contributed by atoms with Crippen LogP contribution in [0.25, 0.3) is 11.1 Å². The standard InChI is InChI=1S/C22H24FN3O5/c1-14(2)13-22(27)7-9-25(10-8-22)21-24-18-11-17(12-19(26(28)29)20(18)31-21)30-16-5-3-15(23)4-6-16/h3-6,11-12,14,27H,7-10,13H2,1-2H3. The quantitative estimate of drug-likeness (QED) is 0.432. The molecule has 0 radical (unpaired) electrons. The number of rotatable bonds is 6. The van der Waals surface area contributed by atoms with Crippen LogP contribution in [0.15, 0.2) is 40.8 Å². The molecule has 0 aliphatic carbocycles. The van der Waals surface area contributed by atoms with Crippen LogP contribution in [0.1, 0.15) is 33.1 Å². The van der Waals surface area contributed by atoms with Gasteiger partial charge in [0.2, 0.25) is 5.58 Å². The summed E-state index contributed by atoms with van der Waals surface area (Å²) in [6, 6.07) is 8.46. The predicted molar refractivity (Wildman–Crippen MR) is 113 cm³/mol. The summed E-state index contributed by atoms with van der Waals surface area (Å²) in [5.41, 5.74) is -0.612. The predicted octanol–water partition coefficient (Wildman–Crippen LogP) is 5.04. The summed E-state index contributed by atoms with van der Waals surface area (Å²) in [6.07, 6.45) is 1.87. The first-order valence-electron chi connectivity index (χ1n) is 10.2. The molecule has 1 fully saturated rings. The molecular formula is C22H24FN3O5. The minimum Gasteiger partial charge on any atom is -0.457 e. The number of oxazole rings is 1. The second-order valence-corrected chi connectivity index (χ2v) is 8.41. The molecule has 0 amide bonds. The fourth-order valence-electron chi connectivity index (χ4n) is 4.03. The molecule has 1 aliphatic heterocycles. The lowest BCUT2D eigenvalue weighted by atomic mass is 9.84. The van der Waals surface area contributed by atoms with E-state index < -0.39 is 16.3 Å². The highest BCUT2D eigenvalue weighted by atomic mass is 19.1. The highest BCUT2D eigenvalue weighted by Crippen LogP contribution is 2.37. The van der Waals surface area contributed by atoms with Crippen LogP contribution >= 0.6 is 0 Å². The maximum Gasteiger partial charge on any atom is 0.317 e. The van der Waals surface area contributed by atoms with Crippen molar-refractivity contribution >= 4 is 22.8 Å². The monoisotopic (exact) mass is 429 g/mol. The molecule has 0 saturated carbocycles. The van der Waals surface area contributed by atoms with Crippen molar-refractivity contribution in [3.8, 4) is 11.5 Å². The molecule has 8 nitrogen and oxygen atoms in total. The summed E-state index contributed by atoms with van der Waals surface area (Å²) in [5, 5.41) is 22.4. The van der Waals surface area contributed by atoms with Crippen LogP contribution in [-0.4, -0.2) is 33.7 Å². The van der Waals surface area contributed by atoms with Gasteiger partial charge in [-0.25, -0.2) is 4.39 Å². The molecular weight excluding hydrogens is 405 g/mol. The maximum atomic E-state index is 13.1. The SMILES string of the molecule is CC(C)CC1(O)CCN(c2nc3cc(Oc4ccc(F)cc4)cc([N+](=O)[O-])c3o2)CC1. The number of non-ortho nitro benzene ring substituents is 1. The van der Waals surface area contributed by atoms with Gasteiger partial charge in [0, 0.05) is 19.2 Å². The van der Waals surface area contributed by atoms with Crippen molar-refractivity contribution in [2.75, 3.05) is 18.0 Å². The van der Waals surface area contributed by atoms with E-state index in [-0.39, 0.29) is 23.0 Å². The van der Waals surface area contributed by atoms with Crippen LogP contribution in [0.2, 0.25) is 0 Å². The van der Waals surface area contributed by atoms with E-state index in [0.29, 0.717) is 43.1 Å². The summed E-state index contributed by atoms with van der Waals surface area (Å²) in [5.74, 6) is 0.537. The van der Waals surface area contributed by atoms with Crippen LogP contribution in [0.5, 0.6) is 11.5 Å². The molecule has 1 N–H and O–H groups in total. The van der Waals surface area contributed by atoms with Gasteiger partial charge in [0.25, 0.3) is 6.01 Å². The Bertz CT molecular complexity index is 1090. The van der Waals surface area contributed by atoms with E-state index >= 15 is 0 Å². The third kappa shape index (κ3) is 4.61. The van der Waals surface area contributed by atoms with Gasteiger partial charge in [-0.3, -0.25) is 10.1 Å². The molecule has 9 heteroatoms. The number of halogens is 1. The number of benzene rings is 2. The molecule has 0 bridgehead atoms. The Kier molecular flexibility index (Phi) is 5.53. The Balaban J connectivity index is 1.60. The number of nitrogens with zero attached hydrogens (tertiary/aromatic N) is 3. The lowest BCUT2D eigenvalue weighted by molar-refractivity contribution is -0.383. The Morgan fingerprint density at radius 2 is 1.94 bits per heavy atom. The van der Waals surface area contributed by atoms with Gasteiger partial charge in [-0.15, -0.1) is 0 Å². The molecule has 0 spiro atoms.